The first-order chi connectivity index (χ1) is 20.5. The molecule has 3 aromatic heterocycles. The molecule has 5 aromatic carbocycles. The molecule has 10 rings (SSSR count). The number of hydrogen-bond acceptors (Lipinski definition) is 1. The van der Waals surface area contributed by atoms with Crippen LogP contribution in [0, 0.1) is 6.92 Å². The number of aromatic amines is 1. The molecule has 1 aliphatic heterocycles. The number of para-hydroxylation sites is 2. The molecule has 1 N–H and O–H groups in total. The van der Waals surface area contributed by atoms with Crippen molar-refractivity contribution in [2.24, 2.45) is 0 Å². The molecule has 1 radical (unpaired) electrons. The molecule has 0 saturated carbocycles. The number of fused-ring (bicyclic) bond motifs is 12. The molecule has 4 heteroatoms. The smallest absolute Gasteiger partial charge is 0.197 e. The van der Waals surface area contributed by atoms with E-state index >= 15 is 0 Å². The zero-order chi connectivity index (χ0) is 27.9. The van der Waals surface area contributed by atoms with Crippen LogP contribution >= 0.6 is 11.3 Å². The van der Waals surface area contributed by atoms with Gasteiger partial charge in [0.1, 0.15) is 4.83 Å². The third-order valence-electron chi connectivity index (χ3n) is 9.80. The highest BCUT2D eigenvalue weighted by molar-refractivity contribution is 7.25. The van der Waals surface area contributed by atoms with Gasteiger partial charge in [-0.1, -0.05) is 104 Å². The maximum absolute atomic E-state index is 3.97. The van der Waals surface area contributed by atoms with E-state index in [4.69, 9.17) is 0 Å². The van der Waals surface area contributed by atoms with Crippen LogP contribution in [0.3, 0.4) is 0 Å². The predicted octanol–water partition coefficient (Wildman–Crippen LogP) is 8.73. The maximum atomic E-state index is 3.97. The van der Waals surface area contributed by atoms with E-state index in [9.17, 15) is 0 Å². The average Bonchev–Trinajstić information content (AvgIpc) is 3.72. The van der Waals surface area contributed by atoms with Gasteiger partial charge in [0.2, 0.25) is 0 Å². The summed E-state index contributed by atoms with van der Waals surface area (Å²) in [5.74, 6) is 0. The lowest BCUT2D eigenvalue weighted by molar-refractivity contribution is 0.642. The molecular weight excluding hydrogens is 527 g/mol. The molecule has 0 unspecified atom stereocenters. The fraction of sp³-hybridized carbons (Fsp3) is 0.105. The lowest BCUT2D eigenvalue weighted by Gasteiger charge is -2.24. The lowest BCUT2D eigenvalue weighted by Crippen LogP contribution is -2.37. The molecule has 0 amide bonds. The Bertz CT molecular complexity index is 2490. The van der Waals surface area contributed by atoms with Crippen molar-refractivity contribution in [2.45, 2.75) is 26.2 Å². The molecule has 0 bridgehead atoms. The summed E-state index contributed by atoms with van der Waals surface area (Å²) in [5.41, 5.74) is 15.6. The molecule has 0 spiro atoms. The van der Waals surface area contributed by atoms with Gasteiger partial charge in [-0.15, -0.1) is 11.3 Å². The summed E-state index contributed by atoms with van der Waals surface area (Å²) < 4.78 is 3.89. The largest absolute Gasteiger partial charge is 0.357 e. The summed E-state index contributed by atoms with van der Waals surface area (Å²) in [4.78, 5) is 5.30. The Labute approximate surface area is 248 Å². The number of rotatable bonds is 1. The van der Waals surface area contributed by atoms with Gasteiger partial charge in [0.15, 0.2) is 7.28 Å². The number of aromatic nitrogens is 2. The minimum atomic E-state index is -0.0666. The van der Waals surface area contributed by atoms with Crippen LogP contribution in [-0.4, -0.2) is 16.8 Å². The molecule has 42 heavy (non-hydrogen) atoms. The lowest BCUT2D eigenvalue weighted by atomic mass is 9.59. The standard InChI is InChI=1S/C38H26BN2S/c1-20-18-26(21-12-8-13-24-31-22-10-4-6-15-27(22)38(2,3)36(31)40-34(21)24)33-29(19-20)41-35-25(14-9-16-28(35)39-33)32-23-11-5-7-17-30(23)42-37(32)41/h4-19,40H,1-3H3. The minimum absolute atomic E-state index is 0.0666. The third kappa shape index (κ3) is 2.68. The second-order valence-corrected chi connectivity index (χ2v) is 13.6. The summed E-state index contributed by atoms with van der Waals surface area (Å²) >= 11 is 1.91. The highest BCUT2D eigenvalue weighted by Crippen LogP contribution is 2.52. The Morgan fingerprint density at radius 1 is 0.762 bits per heavy atom. The van der Waals surface area contributed by atoms with Gasteiger partial charge in [-0.05, 0) is 46.8 Å². The fourth-order valence-corrected chi connectivity index (χ4v) is 9.21. The monoisotopic (exact) mass is 553 g/mol. The zero-order valence-electron chi connectivity index (χ0n) is 23.7. The Kier molecular flexibility index (Phi) is 4.20. The van der Waals surface area contributed by atoms with Gasteiger partial charge < -0.3 is 9.55 Å². The molecule has 2 nitrogen and oxygen atoms in total. The molecule has 8 aromatic rings. The van der Waals surface area contributed by atoms with Gasteiger partial charge >= 0.3 is 0 Å². The SMILES string of the molecule is Cc1cc(-c2cccc3c4c([nH]c23)C(C)(C)c2ccccc2-4)c2c(c1)-n1c3sc4ccccc4c3c3cccc(c31)[B]2. The molecule has 0 atom stereocenters. The second kappa shape index (κ2) is 7.64. The number of benzene rings is 5. The van der Waals surface area contributed by atoms with Gasteiger partial charge in [-0.3, -0.25) is 0 Å². The average molecular weight is 554 g/mol. The number of aryl methyl sites for hydroxylation is 1. The minimum Gasteiger partial charge on any atom is -0.357 e. The molecule has 197 valence electrons. The number of nitrogens with zero attached hydrogens (tertiary/aromatic N) is 1. The van der Waals surface area contributed by atoms with Crippen LogP contribution in [0.1, 0.15) is 30.7 Å². The number of hydrogen-bond donors (Lipinski definition) is 1. The quantitative estimate of drug-likeness (QED) is 0.196. The normalized spacial score (nSPS) is 14.5. The van der Waals surface area contributed by atoms with Gasteiger partial charge in [-0.2, -0.15) is 0 Å². The van der Waals surface area contributed by atoms with E-state index in [0.29, 0.717) is 0 Å². The summed E-state index contributed by atoms with van der Waals surface area (Å²) in [7, 11) is 2.42. The first kappa shape index (κ1) is 23.1. The summed E-state index contributed by atoms with van der Waals surface area (Å²) in [6, 6.07) is 36.2. The van der Waals surface area contributed by atoms with E-state index in [1.807, 2.05) is 11.3 Å². The first-order valence-electron chi connectivity index (χ1n) is 14.7. The number of H-pyrrole nitrogens is 1. The van der Waals surface area contributed by atoms with Crippen molar-refractivity contribution in [3.8, 4) is 27.9 Å². The Morgan fingerprint density at radius 3 is 2.45 bits per heavy atom. The Morgan fingerprint density at radius 2 is 1.52 bits per heavy atom. The predicted molar refractivity (Wildman–Crippen MR) is 181 cm³/mol. The topological polar surface area (TPSA) is 20.7 Å². The van der Waals surface area contributed by atoms with Crippen LogP contribution in [0.2, 0.25) is 0 Å². The van der Waals surface area contributed by atoms with E-state index in [2.05, 4.69) is 135 Å². The van der Waals surface area contributed by atoms with Crippen molar-refractivity contribution in [1.82, 2.24) is 9.55 Å². The van der Waals surface area contributed by atoms with E-state index in [-0.39, 0.29) is 5.41 Å². The Balaban J connectivity index is 1.29. The zero-order valence-corrected chi connectivity index (χ0v) is 24.5. The van der Waals surface area contributed by atoms with Crippen LogP contribution in [0.4, 0.5) is 0 Å². The molecular formula is C38H26BN2S. The van der Waals surface area contributed by atoms with E-state index in [1.54, 1.807) is 0 Å². The van der Waals surface area contributed by atoms with E-state index in [0.717, 1.165) is 0 Å². The van der Waals surface area contributed by atoms with E-state index < -0.39 is 0 Å². The van der Waals surface area contributed by atoms with E-state index in [1.165, 1.54) is 97.8 Å². The van der Waals surface area contributed by atoms with Gasteiger partial charge in [0.25, 0.3) is 0 Å². The molecule has 2 aliphatic rings. The summed E-state index contributed by atoms with van der Waals surface area (Å²) in [6.07, 6.45) is 0. The number of thiophene rings is 1. The van der Waals surface area contributed by atoms with Crippen molar-refractivity contribution in [2.75, 3.05) is 0 Å². The van der Waals surface area contributed by atoms with Crippen LogP contribution in [-0.2, 0) is 5.41 Å². The van der Waals surface area contributed by atoms with Crippen molar-refractivity contribution in [3.63, 3.8) is 0 Å². The van der Waals surface area contributed by atoms with Crippen molar-refractivity contribution in [1.29, 1.82) is 0 Å². The van der Waals surface area contributed by atoms with Crippen molar-refractivity contribution >= 4 is 71.7 Å². The van der Waals surface area contributed by atoms with Gasteiger partial charge in [0.05, 0.1) is 5.52 Å². The van der Waals surface area contributed by atoms with Crippen molar-refractivity contribution in [3.05, 3.63) is 114 Å². The van der Waals surface area contributed by atoms with Crippen LogP contribution in [0.15, 0.2) is 97.1 Å². The van der Waals surface area contributed by atoms with Crippen molar-refractivity contribution < 1.29 is 0 Å². The highest BCUT2D eigenvalue weighted by atomic mass is 32.1. The van der Waals surface area contributed by atoms with Gasteiger partial charge in [-0.25, -0.2) is 0 Å². The number of nitrogens with one attached hydrogen (secondary N) is 1. The van der Waals surface area contributed by atoms with Gasteiger partial charge in [0, 0.05) is 59.7 Å². The molecule has 4 heterocycles. The van der Waals surface area contributed by atoms with Crippen LogP contribution < -0.4 is 10.9 Å². The molecule has 0 fully saturated rings. The van der Waals surface area contributed by atoms with Crippen LogP contribution in [0.25, 0.3) is 70.0 Å². The second-order valence-electron chi connectivity index (χ2n) is 12.5. The molecule has 0 saturated heterocycles. The Hall–Kier alpha value is -4.54. The highest BCUT2D eigenvalue weighted by Gasteiger charge is 2.38. The summed E-state index contributed by atoms with van der Waals surface area (Å²) in [5, 5.41) is 5.37. The third-order valence-corrected chi connectivity index (χ3v) is 11.0. The maximum Gasteiger partial charge on any atom is 0.197 e. The molecule has 1 aliphatic carbocycles. The first-order valence-corrected chi connectivity index (χ1v) is 15.5. The summed E-state index contributed by atoms with van der Waals surface area (Å²) in [6.45, 7) is 6.93. The fourth-order valence-electron chi connectivity index (χ4n) is 7.98. The van der Waals surface area contributed by atoms with Crippen LogP contribution in [0.5, 0.6) is 0 Å².